The number of carbonyl (C=O) groups excluding carboxylic acids is 1. The van der Waals surface area contributed by atoms with Crippen LogP contribution in [0.3, 0.4) is 0 Å². The third-order valence-corrected chi connectivity index (χ3v) is 2.40. The van der Waals surface area contributed by atoms with Crippen LogP contribution in [0.15, 0.2) is 12.7 Å². The van der Waals surface area contributed by atoms with Gasteiger partial charge < -0.3 is 14.7 Å². The SMILES string of the molecule is C=CCC.CCN(CC)CCOC(=O)CCC(=O)O. The average molecular weight is 273 g/mol. The van der Waals surface area contributed by atoms with Crippen LogP contribution in [-0.4, -0.2) is 48.2 Å². The Balaban J connectivity index is 0. The largest absolute Gasteiger partial charge is 0.481 e. The molecule has 0 saturated carbocycles. The summed E-state index contributed by atoms with van der Waals surface area (Å²) in [6.45, 7) is 12.5. The van der Waals surface area contributed by atoms with E-state index in [1.807, 2.05) is 19.9 Å². The summed E-state index contributed by atoms with van der Waals surface area (Å²) in [6.07, 6.45) is 2.75. The van der Waals surface area contributed by atoms with E-state index in [2.05, 4.69) is 18.4 Å². The summed E-state index contributed by atoms with van der Waals surface area (Å²) >= 11 is 0. The van der Waals surface area contributed by atoms with Crippen molar-refractivity contribution in [1.82, 2.24) is 4.90 Å². The fraction of sp³-hybridized carbons (Fsp3) is 0.714. The molecule has 1 N–H and O–H groups in total. The maximum Gasteiger partial charge on any atom is 0.306 e. The summed E-state index contributed by atoms with van der Waals surface area (Å²) in [5.74, 6) is -1.42. The highest BCUT2D eigenvalue weighted by Gasteiger charge is 2.07. The first-order valence-electron chi connectivity index (χ1n) is 6.72. The predicted octanol–water partition coefficient (Wildman–Crippen LogP) is 2.32. The van der Waals surface area contributed by atoms with Crippen molar-refractivity contribution in [3.05, 3.63) is 12.7 Å². The topological polar surface area (TPSA) is 66.8 Å². The first kappa shape index (κ1) is 20.0. The van der Waals surface area contributed by atoms with Crippen LogP contribution in [0.25, 0.3) is 0 Å². The highest BCUT2D eigenvalue weighted by molar-refractivity contribution is 5.76. The Morgan fingerprint density at radius 1 is 1.21 bits per heavy atom. The standard InChI is InChI=1S/C10H19NO4.C4H8/c1-3-11(4-2)7-8-15-10(14)6-5-9(12)13;1-3-4-2/h3-8H2,1-2H3,(H,12,13);3H,1,4H2,2H3. The molecular formula is C14H27NO4. The minimum Gasteiger partial charge on any atom is -0.481 e. The highest BCUT2D eigenvalue weighted by atomic mass is 16.5. The van der Waals surface area contributed by atoms with Gasteiger partial charge in [-0.05, 0) is 19.5 Å². The number of rotatable bonds is 9. The monoisotopic (exact) mass is 273 g/mol. The van der Waals surface area contributed by atoms with Gasteiger partial charge in [-0.25, -0.2) is 0 Å². The minimum atomic E-state index is -0.976. The van der Waals surface area contributed by atoms with E-state index in [1.54, 1.807) is 0 Å². The predicted molar refractivity (Wildman–Crippen MR) is 76.1 cm³/mol. The molecule has 0 heterocycles. The van der Waals surface area contributed by atoms with E-state index < -0.39 is 11.9 Å². The van der Waals surface area contributed by atoms with E-state index in [0.29, 0.717) is 13.2 Å². The van der Waals surface area contributed by atoms with Gasteiger partial charge in [-0.2, -0.15) is 0 Å². The van der Waals surface area contributed by atoms with Gasteiger partial charge in [0.2, 0.25) is 0 Å². The molecule has 112 valence electrons. The van der Waals surface area contributed by atoms with Crippen molar-refractivity contribution in [2.45, 2.75) is 40.0 Å². The van der Waals surface area contributed by atoms with Crippen LogP contribution in [0.5, 0.6) is 0 Å². The van der Waals surface area contributed by atoms with Crippen molar-refractivity contribution in [3.8, 4) is 0 Å². The summed E-state index contributed by atoms with van der Waals surface area (Å²) in [4.78, 5) is 23.3. The number of ether oxygens (including phenoxy) is 1. The van der Waals surface area contributed by atoms with Crippen LogP contribution in [-0.2, 0) is 14.3 Å². The molecule has 0 unspecified atom stereocenters. The lowest BCUT2D eigenvalue weighted by molar-refractivity contribution is -0.148. The first-order chi connectivity index (χ1) is 9.01. The van der Waals surface area contributed by atoms with Gasteiger partial charge in [0.25, 0.3) is 0 Å². The third kappa shape index (κ3) is 16.6. The summed E-state index contributed by atoms with van der Waals surface area (Å²) in [6, 6.07) is 0. The van der Waals surface area contributed by atoms with E-state index in [4.69, 9.17) is 9.84 Å². The Bertz CT molecular complexity index is 250. The van der Waals surface area contributed by atoms with Crippen LogP contribution in [0, 0.1) is 0 Å². The summed E-state index contributed by atoms with van der Waals surface area (Å²) in [7, 11) is 0. The molecule has 0 rings (SSSR count). The molecule has 0 amide bonds. The quantitative estimate of drug-likeness (QED) is 0.516. The van der Waals surface area contributed by atoms with Crippen molar-refractivity contribution >= 4 is 11.9 Å². The Hall–Kier alpha value is -1.36. The zero-order chi connectivity index (χ0) is 15.1. The zero-order valence-corrected chi connectivity index (χ0v) is 12.4. The molecule has 0 radical (unpaired) electrons. The molecule has 0 aromatic carbocycles. The lowest BCUT2D eigenvalue weighted by Gasteiger charge is -2.17. The van der Waals surface area contributed by atoms with Gasteiger partial charge in [0.1, 0.15) is 6.61 Å². The van der Waals surface area contributed by atoms with Gasteiger partial charge in [0.15, 0.2) is 0 Å². The number of hydrogen-bond donors (Lipinski definition) is 1. The minimum absolute atomic E-state index is 0.0480. The van der Waals surface area contributed by atoms with Crippen LogP contribution < -0.4 is 0 Å². The fourth-order valence-electron chi connectivity index (χ4n) is 1.11. The molecule has 0 fully saturated rings. The van der Waals surface area contributed by atoms with E-state index in [0.717, 1.165) is 19.5 Å². The van der Waals surface area contributed by atoms with Gasteiger partial charge in [-0.15, -0.1) is 6.58 Å². The molecule has 0 aliphatic rings. The highest BCUT2D eigenvalue weighted by Crippen LogP contribution is 1.94. The number of carbonyl (C=O) groups is 2. The maximum absolute atomic E-state index is 11.0. The van der Waals surface area contributed by atoms with E-state index >= 15 is 0 Å². The Kier molecular flexibility index (Phi) is 15.4. The molecule has 5 nitrogen and oxygen atoms in total. The number of hydrogen-bond acceptors (Lipinski definition) is 4. The molecule has 0 aromatic heterocycles. The van der Waals surface area contributed by atoms with Gasteiger partial charge in [0.05, 0.1) is 12.8 Å². The van der Waals surface area contributed by atoms with E-state index in [1.165, 1.54) is 0 Å². The second-order valence-electron chi connectivity index (χ2n) is 3.84. The number of likely N-dealkylation sites (N-methyl/N-ethyl adjacent to an activating group) is 1. The van der Waals surface area contributed by atoms with Gasteiger partial charge >= 0.3 is 11.9 Å². The smallest absolute Gasteiger partial charge is 0.306 e. The van der Waals surface area contributed by atoms with Gasteiger partial charge in [-0.3, -0.25) is 9.59 Å². The van der Waals surface area contributed by atoms with Crippen LogP contribution in [0.2, 0.25) is 0 Å². The van der Waals surface area contributed by atoms with Gasteiger partial charge in [-0.1, -0.05) is 26.8 Å². The maximum atomic E-state index is 11.0. The normalized spacial score (nSPS) is 9.47. The zero-order valence-electron chi connectivity index (χ0n) is 12.4. The van der Waals surface area contributed by atoms with Crippen molar-refractivity contribution < 1.29 is 19.4 Å². The fourth-order valence-corrected chi connectivity index (χ4v) is 1.11. The third-order valence-electron chi connectivity index (χ3n) is 2.40. The molecule has 0 bridgehead atoms. The first-order valence-corrected chi connectivity index (χ1v) is 6.72. The molecular weight excluding hydrogens is 246 g/mol. The molecule has 0 spiro atoms. The number of carboxylic acid groups (broad SMARTS) is 1. The number of nitrogens with zero attached hydrogens (tertiary/aromatic N) is 1. The number of carboxylic acids is 1. The van der Waals surface area contributed by atoms with E-state index in [9.17, 15) is 9.59 Å². The molecule has 0 aliphatic carbocycles. The lowest BCUT2D eigenvalue weighted by atomic mass is 10.3. The van der Waals surface area contributed by atoms with Crippen LogP contribution in [0.1, 0.15) is 40.0 Å². The molecule has 19 heavy (non-hydrogen) atoms. The van der Waals surface area contributed by atoms with Crippen molar-refractivity contribution in [3.63, 3.8) is 0 Å². The summed E-state index contributed by atoms with van der Waals surface area (Å²) in [5.41, 5.74) is 0. The van der Waals surface area contributed by atoms with Crippen molar-refractivity contribution in [2.75, 3.05) is 26.2 Å². The van der Waals surface area contributed by atoms with Crippen molar-refractivity contribution in [1.29, 1.82) is 0 Å². The number of esters is 1. The Labute approximate surface area is 116 Å². The number of allylic oxidation sites excluding steroid dienone is 1. The molecule has 0 atom stereocenters. The molecule has 0 aromatic rings. The van der Waals surface area contributed by atoms with Crippen LogP contribution >= 0.6 is 0 Å². The van der Waals surface area contributed by atoms with Crippen molar-refractivity contribution in [2.24, 2.45) is 0 Å². The molecule has 0 saturated heterocycles. The second-order valence-corrected chi connectivity index (χ2v) is 3.84. The van der Waals surface area contributed by atoms with Gasteiger partial charge in [0, 0.05) is 6.54 Å². The van der Waals surface area contributed by atoms with E-state index in [-0.39, 0.29) is 12.8 Å². The second kappa shape index (κ2) is 14.7. The number of aliphatic carboxylic acids is 1. The Morgan fingerprint density at radius 2 is 1.74 bits per heavy atom. The lowest BCUT2D eigenvalue weighted by Crippen LogP contribution is -2.27. The van der Waals surface area contributed by atoms with Crippen LogP contribution in [0.4, 0.5) is 0 Å². The molecule has 5 heteroatoms. The molecule has 0 aliphatic heterocycles. The average Bonchev–Trinajstić information content (AvgIpc) is 2.41. The summed E-state index contributed by atoms with van der Waals surface area (Å²) < 4.78 is 4.88. The summed E-state index contributed by atoms with van der Waals surface area (Å²) in [5, 5.41) is 8.34. The Morgan fingerprint density at radius 3 is 2.11 bits per heavy atom.